The number of carbonyl (C=O) groups excluding carboxylic acids is 2. The minimum atomic E-state index is -0.504. The van der Waals surface area contributed by atoms with Crippen LogP contribution in [0.1, 0.15) is 26.2 Å². The molecule has 1 rings (SSSR count). The molecule has 5 heteroatoms. The van der Waals surface area contributed by atoms with Gasteiger partial charge in [-0.2, -0.15) is 0 Å². The van der Waals surface area contributed by atoms with Gasteiger partial charge < -0.3 is 5.73 Å². The molecule has 1 atom stereocenters. The largest absolute Gasteiger partial charge is 0.330 e. The maximum absolute atomic E-state index is 11.2. The molecule has 1 unspecified atom stereocenters. The highest BCUT2D eigenvalue weighted by Gasteiger charge is 2.41. The summed E-state index contributed by atoms with van der Waals surface area (Å²) < 4.78 is 0. The van der Waals surface area contributed by atoms with Crippen LogP contribution in [0.25, 0.3) is 0 Å². The van der Waals surface area contributed by atoms with Crippen LogP contribution in [0, 0.1) is 5.41 Å². The van der Waals surface area contributed by atoms with E-state index >= 15 is 0 Å². The van der Waals surface area contributed by atoms with Gasteiger partial charge in [0.15, 0.2) is 0 Å². The zero-order chi connectivity index (χ0) is 9.19. The summed E-state index contributed by atoms with van der Waals surface area (Å²) in [6.45, 7) is 2.37. The van der Waals surface area contributed by atoms with Crippen molar-refractivity contribution < 1.29 is 9.59 Å². The van der Waals surface area contributed by atoms with Gasteiger partial charge in [0.2, 0.25) is 11.8 Å². The molecule has 1 aliphatic heterocycles. The van der Waals surface area contributed by atoms with Crippen molar-refractivity contribution in [3.63, 3.8) is 0 Å². The van der Waals surface area contributed by atoms with E-state index in [1.54, 1.807) is 0 Å². The Balaban J connectivity index is 0.00000144. The summed E-state index contributed by atoms with van der Waals surface area (Å²) in [5.41, 5.74) is 4.83. The third kappa shape index (κ3) is 2.67. The van der Waals surface area contributed by atoms with Gasteiger partial charge in [-0.25, -0.2) is 0 Å². The maximum atomic E-state index is 11.2. The molecular weight excluding hydrogens is 192 g/mol. The van der Waals surface area contributed by atoms with Crippen LogP contribution < -0.4 is 11.1 Å². The number of imide groups is 1. The average molecular weight is 207 g/mol. The summed E-state index contributed by atoms with van der Waals surface area (Å²) >= 11 is 0. The Bertz CT molecular complexity index is 220. The van der Waals surface area contributed by atoms with Gasteiger partial charge in [-0.1, -0.05) is 6.92 Å². The van der Waals surface area contributed by atoms with E-state index in [9.17, 15) is 9.59 Å². The summed E-state index contributed by atoms with van der Waals surface area (Å²) in [5.74, 6) is -0.319. The molecule has 0 spiro atoms. The standard InChI is InChI=1S/C8H14N2O2.ClH/c1-8(3-2-4-9)5-6(11)10-7(8)12;/h2-5,9H2,1H3,(H,10,11,12);1H. The van der Waals surface area contributed by atoms with E-state index in [0.717, 1.165) is 6.42 Å². The first-order valence-electron chi connectivity index (χ1n) is 4.13. The van der Waals surface area contributed by atoms with E-state index in [-0.39, 0.29) is 24.2 Å². The Kier molecular flexibility index (Phi) is 4.36. The van der Waals surface area contributed by atoms with Crippen molar-refractivity contribution in [3.05, 3.63) is 0 Å². The molecule has 1 aliphatic rings. The molecule has 0 aromatic carbocycles. The van der Waals surface area contributed by atoms with E-state index in [4.69, 9.17) is 5.73 Å². The molecule has 1 saturated heterocycles. The molecule has 2 amide bonds. The lowest BCUT2D eigenvalue weighted by molar-refractivity contribution is -0.128. The second kappa shape index (κ2) is 4.58. The van der Waals surface area contributed by atoms with Gasteiger partial charge in [0, 0.05) is 6.42 Å². The Morgan fingerprint density at radius 3 is 2.54 bits per heavy atom. The zero-order valence-corrected chi connectivity index (χ0v) is 8.45. The number of carbonyl (C=O) groups is 2. The number of hydrogen-bond acceptors (Lipinski definition) is 3. The van der Waals surface area contributed by atoms with Crippen LogP contribution in [0.3, 0.4) is 0 Å². The van der Waals surface area contributed by atoms with Crippen molar-refractivity contribution in [2.75, 3.05) is 6.54 Å². The highest BCUT2D eigenvalue weighted by molar-refractivity contribution is 6.05. The predicted octanol–water partition coefficient (Wildman–Crippen LogP) is 0.200. The van der Waals surface area contributed by atoms with Crippen LogP contribution in [0.5, 0.6) is 0 Å². The fourth-order valence-electron chi connectivity index (χ4n) is 1.45. The van der Waals surface area contributed by atoms with Crippen LogP contribution in [-0.2, 0) is 9.59 Å². The maximum Gasteiger partial charge on any atom is 0.233 e. The van der Waals surface area contributed by atoms with Crippen LogP contribution in [0.2, 0.25) is 0 Å². The summed E-state index contributed by atoms with van der Waals surface area (Å²) in [5, 5.41) is 2.30. The molecule has 1 heterocycles. The van der Waals surface area contributed by atoms with E-state index in [1.165, 1.54) is 0 Å². The monoisotopic (exact) mass is 206 g/mol. The van der Waals surface area contributed by atoms with Crippen LogP contribution in [0.4, 0.5) is 0 Å². The number of halogens is 1. The smallest absolute Gasteiger partial charge is 0.233 e. The molecule has 0 aromatic heterocycles. The van der Waals surface area contributed by atoms with Crippen molar-refractivity contribution in [2.45, 2.75) is 26.2 Å². The molecule has 0 bridgehead atoms. The Morgan fingerprint density at radius 1 is 1.54 bits per heavy atom. The second-order valence-corrected chi connectivity index (χ2v) is 3.51. The summed E-state index contributed by atoms with van der Waals surface area (Å²) in [6, 6.07) is 0. The van der Waals surface area contributed by atoms with Gasteiger partial charge in [0.05, 0.1) is 5.41 Å². The Labute approximate surface area is 83.7 Å². The molecule has 13 heavy (non-hydrogen) atoms. The van der Waals surface area contributed by atoms with E-state index in [0.29, 0.717) is 19.4 Å². The molecular formula is C8H15ClN2O2. The third-order valence-corrected chi connectivity index (χ3v) is 2.28. The van der Waals surface area contributed by atoms with Crippen molar-refractivity contribution in [1.82, 2.24) is 5.32 Å². The number of rotatable bonds is 3. The first kappa shape index (κ1) is 12.4. The van der Waals surface area contributed by atoms with E-state index in [1.807, 2.05) is 6.92 Å². The molecule has 0 aliphatic carbocycles. The van der Waals surface area contributed by atoms with Crippen LogP contribution >= 0.6 is 12.4 Å². The topological polar surface area (TPSA) is 72.2 Å². The van der Waals surface area contributed by atoms with Gasteiger partial charge >= 0.3 is 0 Å². The van der Waals surface area contributed by atoms with Crippen molar-refractivity contribution in [3.8, 4) is 0 Å². The molecule has 0 saturated carbocycles. The van der Waals surface area contributed by atoms with Crippen molar-refractivity contribution in [2.24, 2.45) is 11.1 Å². The number of amides is 2. The van der Waals surface area contributed by atoms with Crippen LogP contribution in [0.15, 0.2) is 0 Å². The molecule has 1 fully saturated rings. The lowest BCUT2D eigenvalue weighted by Crippen LogP contribution is -2.29. The molecule has 0 aromatic rings. The van der Waals surface area contributed by atoms with Crippen molar-refractivity contribution >= 4 is 24.2 Å². The lowest BCUT2D eigenvalue weighted by Gasteiger charge is -2.17. The summed E-state index contributed by atoms with van der Waals surface area (Å²) in [7, 11) is 0. The van der Waals surface area contributed by atoms with Gasteiger partial charge in [-0.15, -0.1) is 12.4 Å². The molecule has 3 N–H and O–H groups in total. The molecule has 76 valence electrons. The van der Waals surface area contributed by atoms with E-state index < -0.39 is 5.41 Å². The normalized spacial score (nSPS) is 26.9. The number of nitrogens with two attached hydrogens (primary N) is 1. The lowest BCUT2D eigenvalue weighted by atomic mass is 9.84. The SMILES string of the molecule is CC1(CCCN)CC(=O)NC1=O.Cl. The van der Waals surface area contributed by atoms with Gasteiger partial charge in [0.25, 0.3) is 0 Å². The molecule has 0 radical (unpaired) electrons. The van der Waals surface area contributed by atoms with Gasteiger partial charge in [-0.3, -0.25) is 14.9 Å². The van der Waals surface area contributed by atoms with Gasteiger partial charge in [0.1, 0.15) is 0 Å². The fourth-order valence-corrected chi connectivity index (χ4v) is 1.45. The van der Waals surface area contributed by atoms with Gasteiger partial charge in [-0.05, 0) is 19.4 Å². The quantitative estimate of drug-likeness (QED) is 0.648. The first-order valence-corrected chi connectivity index (χ1v) is 4.13. The Morgan fingerprint density at radius 2 is 2.15 bits per heavy atom. The average Bonchev–Trinajstić information content (AvgIpc) is 2.23. The molecule has 4 nitrogen and oxygen atoms in total. The van der Waals surface area contributed by atoms with E-state index in [2.05, 4.69) is 5.32 Å². The summed E-state index contributed by atoms with van der Waals surface area (Å²) in [4.78, 5) is 22.1. The highest BCUT2D eigenvalue weighted by atomic mass is 35.5. The number of hydrogen-bond donors (Lipinski definition) is 2. The minimum absolute atomic E-state index is 0. The second-order valence-electron chi connectivity index (χ2n) is 3.51. The minimum Gasteiger partial charge on any atom is -0.330 e. The Hall–Kier alpha value is -0.610. The van der Waals surface area contributed by atoms with Crippen LogP contribution in [-0.4, -0.2) is 18.4 Å². The number of nitrogens with one attached hydrogen (secondary N) is 1. The third-order valence-electron chi connectivity index (χ3n) is 2.28. The first-order chi connectivity index (χ1) is 5.58. The highest BCUT2D eigenvalue weighted by Crippen LogP contribution is 2.31. The zero-order valence-electron chi connectivity index (χ0n) is 7.63. The summed E-state index contributed by atoms with van der Waals surface area (Å²) in [6.07, 6.45) is 1.80. The fraction of sp³-hybridized carbons (Fsp3) is 0.750. The predicted molar refractivity (Wildman–Crippen MR) is 51.4 cm³/mol. The van der Waals surface area contributed by atoms with Crippen molar-refractivity contribution in [1.29, 1.82) is 0 Å².